The van der Waals surface area contributed by atoms with Crippen molar-refractivity contribution >= 4 is 34.9 Å². The van der Waals surface area contributed by atoms with Crippen LogP contribution in [0.1, 0.15) is 48.2 Å². The first-order chi connectivity index (χ1) is 14.5. The van der Waals surface area contributed by atoms with E-state index in [-0.39, 0.29) is 11.9 Å². The van der Waals surface area contributed by atoms with Crippen molar-refractivity contribution in [2.24, 2.45) is 0 Å². The maximum absolute atomic E-state index is 12.6. The maximum Gasteiger partial charge on any atom is 0.336 e. The second-order valence-corrected chi connectivity index (χ2v) is 8.65. The molecule has 0 saturated heterocycles. The Morgan fingerprint density at radius 1 is 1.33 bits per heavy atom. The molecule has 1 aromatic heterocycles. The highest BCUT2D eigenvalue weighted by atomic mass is 35.5. The first kappa shape index (κ1) is 22.5. The van der Waals surface area contributed by atoms with Crippen LogP contribution in [0.25, 0.3) is 0 Å². The summed E-state index contributed by atoms with van der Waals surface area (Å²) in [4.78, 5) is 27.8. The number of hydrogen-bond acceptors (Lipinski definition) is 6. The molecule has 2 aromatic rings. The van der Waals surface area contributed by atoms with E-state index < -0.39 is 6.04 Å². The molecule has 160 valence electrons. The molecule has 1 atom stereocenters. The second kappa shape index (κ2) is 10.8. The number of benzene rings is 1. The predicted octanol–water partition coefficient (Wildman–Crippen LogP) is 5.33. The molecule has 5 nitrogen and oxygen atoms in total. The molecule has 0 N–H and O–H groups in total. The van der Waals surface area contributed by atoms with Crippen LogP contribution < -0.4 is 4.74 Å². The Bertz CT molecular complexity index is 924. The van der Waals surface area contributed by atoms with Gasteiger partial charge in [-0.05, 0) is 36.1 Å². The Hall–Kier alpha value is -2.15. The van der Waals surface area contributed by atoms with Crippen molar-refractivity contribution < 1.29 is 19.1 Å². The molecule has 30 heavy (non-hydrogen) atoms. The summed E-state index contributed by atoms with van der Waals surface area (Å²) in [7, 11) is 1.39. The third-order valence-corrected chi connectivity index (χ3v) is 6.50. The van der Waals surface area contributed by atoms with Crippen LogP contribution in [-0.4, -0.2) is 30.5 Å². The molecule has 0 amide bonds. The molecular formula is C23H26ClNO4S. The molecule has 0 radical (unpaired) electrons. The summed E-state index contributed by atoms with van der Waals surface area (Å²) in [6.07, 6.45) is 7.13. The third-order valence-electron chi connectivity index (χ3n) is 5.04. The van der Waals surface area contributed by atoms with Gasteiger partial charge >= 0.3 is 11.9 Å². The number of nitrogens with zero attached hydrogens (tertiary/aromatic N) is 1. The lowest BCUT2D eigenvalue weighted by molar-refractivity contribution is -0.147. The van der Waals surface area contributed by atoms with Crippen molar-refractivity contribution in [3.8, 4) is 5.06 Å². The molecule has 2 heterocycles. The van der Waals surface area contributed by atoms with Gasteiger partial charge in [0.05, 0.1) is 7.11 Å². The molecule has 3 rings (SSSR count). The lowest BCUT2D eigenvalue weighted by Crippen LogP contribution is -2.38. The van der Waals surface area contributed by atoms with Crippen LogP contribution in [-0.2, 0) is 27.3 Å². The zero-order valence-electron chi connectivity index (χ0n) is 17.2. The van der Waals surface area contributed by atoms with Gasteiger partial charge in [0.15, 0.2) is 5.06 Å². The number of fused-ring (bicyclic) bond motifs is 1. The number of carbonyl (C=O) groups excluding carboxylic acids is 2. The minimum Gasteiger partial charge on any atom is -0.468 e. The van der Waals surface area contributed by atoms with Crippen molar-refractivity contribution in [3.05, 3.63) is 63.5 Å². The van der Waals surface area contributed by atoms with Gasteiger partial charge in [-0.1, -0.05) is 55.6 Å². The number of rotatable bonds is 8. The summed E-state index contributed by atoms with van der Waals surface area (Å²) in [5, 5.41) is 1.12. The molecule has 0 fully saturated rings. The van der Waals surface area contributed by atoms with E-state index in [2.05, 4.69) is 11.8 Å². The summed E-state index contributed by atoms with van der Waals surface area (Å²) in [6, 6.07) is 8.64. The van der Waals surface area contributed by atoms with Gasteiger partial charge in [-0.15, -0.1) is 11.3 Å². The number of halogens is 1. The van der Waals surface area contributed by atoms with Crippen LogP contribution >= 0.6 is 22.9 Å². The SMILES string of the molecule is CCCC/C=C/C(=O)Oc1cc2c(s1)CCN(C(C(=O)OC)c1ccccc1Cl)C2. The molecule has 1 aliphatic heterocycles. The number of ether oxygens (including phenoxy) is 2. The third kappa shape index (κ3) is 5.50. The predicted molar refractivity (Wildman–Crippen MR) is 119 cm³/mol. The van der Waals surface area contributed by atoms with Gasteiger partial charge in [-0.2, -0.15) is 0 Å². The van der Waals surface area contributed by atoms with Gasteiger partial charge in [0, 0.05) is 29.1 Å². The van der Waals surface area contributed by atoms with E-state index >= 15 is 0 Å². The Labute approximate surface area is 186 Å². The summed E-state index contributed by atoms with van der Waals surface area (Å²) in [5.41, 5.74) is 1.79. The molecule has 0 bridgehead atoms. The second-order valence-electron chi connectivity index (χ2n) is 7.15. The van der Waals surface area contributed by atoms with Gasteiger partial charge in [0.1, 0.15) is 6.04 Å². The number of esters is 2. The summed E-state index contributed by atoms with van der Waals surface area (Å²) in [6.45, 7) is 3.35. The molecule has 7 heteroatoms. The fourth-order valence-corrected chi connectivity index (χ4v) is 4.77. The van der Waals surface area contributed by atoms with Crippen molar-refractivity contribution in [3.63, 3.8) is 0 Å². The van der Waals surface area contributed by atoms with Crippen LogP contribution in [0.5, 0.6) is 5.06 Å². The summed E-state index contributed by atoms with van der Waals surface area (Å²) < 4.78 is 10.5. The average molecular weight is 448 g/mol. The molecule has 0 saturated carbocycles. The highest BCUT2D eigenvalue weighted by molar-refractivity contribution is 7.14. The number of methoxy groups -OCH3 is 1. The Morgan fingerprint density at radius 2 is 2.13 bits per heavy atom. The molecule has 1 aliphatic rings. The van der Waals surface area contributed by atoms with E-state index in [4.69, 9.17) is 21.1 Å². The average Bonchev–Trinajstić information content (AvgIpc) is 3.14. The van der Waals surface area contributed by atoms with Gasteiger partial charge in [0.25, 0.3) is 0 Å². The minimum atomic E-state index is -0.579. The zero-order valence-corrected chi connectivity index (χ0v) is 18.8. The van der Waals surface area contributed by atoms with Crippen molar-refractivity contribution in [2.75, 3.05) is 13.7 Å². The monoisotopic (exact) mass is 447 g/mol. The fraction of sp³-hybridized carbons (Fsp3) is 0.391. The van der Waals surface area contributed by atoms with Gasteiger partial charge < -0.3 is 9.47 Å². The topological polar surface area (TPSA) is 55.8 Å². The highest BCUT2D eigenvalue weighted by Crippen LogP contribution is 2.37. The van der Waals surface area contributed by atoms with E-state index in [0.29, 0.717) is 23.2 Å². The largest absolute Gasteiger partial charge is 0.468 e. The van der Waals surface area contributed by atoms with Crippen molar-refractivity contribution in [1.82, 2.24) is 4.90 Å². The smallest absolute Gasteiger partial charge is 0.336 e. The number of unbranched alkanes of at least 4 members (excludes halogenated alkanes) is 2. The minimum absolute atomic E-state index is 0.342. The molecule has 0 spiro atoms. The van der Waals surface area contributed by atoms with E-state index in [1.165, 1.54) is 29.4 Å². The van der Waals surface area contributed by atoms with E-state index in [1.54, 1.807) is 6.07 Å². The van der Waals surface area contributed by atoms with E-state index in [0.717, 1.165) is 36.8 Å². The van der Waals surface area contributed by atoms with Crippen LogP contribution in [0.2, 0.25) is 5.02 Å². The standard InChI is InChI=1S/C23H26ClNO4S/c1-3-4-5-6-11-20(26)29-21-14-16-15-25(13-12-19(16)30-21)22(23(27)28-2)17-9-7-8-10-18(17)24/h6-11,14,22H,3-5,12-13,15H2,1-2H3/b11-6+. The number of carbonyl (C=O) groups is 2. The van der Waals surface area contributed by atoms with Crippen molar-refractivity contribution in [2.45, 2.75) is 45.2 Å². The van der Waals surface area contributed by atoms with Gasteiger partial charge in [-0.3, -0.25) is 4.90 Å². The summed E-state index contributed by atoms with van der Waals surface area (Å²) >= 11 is 7.85. The normalized spacial score (nSPS) is 15.0. The zero-order chi connectivity index (χ0) is 21.5. The number of hydrogen-bond donors (Lipinski definition) is 0. The Balaban J connectivity index is 1.73. The molecule has 1 aromatic carbocycles. The van der Waals surface area contributed by atoms with Gasteiger partial charge in [0.2, 0.25) is 0 Å². The molecule has 1 unspecified atom stereocenters. The van der Waals surface area contributed by atoms with E-state index in [1.807, 2.05) is 30.3 Å². The lowest BCUT2D eigenvalue weighted by atomic mass is 10.0. The maximum atomic E-state index is 12.6. The first-order valence-corrected chi connectivity index (χ1v) is 11.3. The van der Waals surface area contributed by atoms with Crippen LogP contribution in [0.4, 0.5) is 0 Å². The van der Waals surface area contributed by atoms with Gasteiger partial charge in [-0.25, -0.2) is 9.59 Å². The summed E-state index contributed by atoms with van der Waals surface area (Å²) in [5.74, 6) is -0.698. The number of allylic oxidation sites excluding steroid dienone is 1. The van der Waals surface area contributed by atoms with Crippen LogP contribution in [0, 0.1) is 0 Å². The molecule has 0 aliphatic carbocycles. The van der Waals surface area contributed by atoms with Crippen molar-refractivity contribution in [1.29, 1.82) is 0 Å². The van der Waals surface area contributed by atoms with E-state index in [9.17, 15) is 9.59 Å². The molecular weight excluding hydrogens is 422 g/mol. The highest BCUT2D eigenvalue weighted by Gasteiger charge is 2.33. The first-order valence-electron chi connectivity index (χ1n) is 10.1. The lowest BCUT2D eigenvalue weighted by Gasteiger charge is -2.33. The number of thiophene rings is 1. The Morgan fingerprint density at radius 3 is 2.87 bits per heavy atom. The quantitative estimate of drug-likeness (QED) is 0.311. The Kier molecular flexibility index (Phi) is 8.08. The van der Waals surface area contributed by atoms with Crippen LogP contribution in [0.3, 0.4) is 0 Å². The van der Waals surface area contributed by atoms with Crippen LogP contribution in [0.15, 0.2) is 42.5 Å². The fourth-order valence-electron chi connectivity index (χ4n) is 3.51.